The van der Waals surface area contributed by atoms with Gasteiger partial charge < -0.3 is 9.47 Å². The number of rotatable bonds is 13. The zero-order valence-corrected chi connectivity index (χ0v) is 24.9. The lowest BCUT2D eigenvalue weighted by molar-refractivity contribution is 0.414. The van der Waals surface area contributed by atoms with Gasteiger partial charge in [-0.15, -0.1) is 35.3 Å². The van der Waals surface area contributed by atoms with E-state index in [-0.39, 0.29) is 0 Å². The van der Waals surface area contributed by atoms with Gasteiger partial charge in [0.2, 0.25) is 0 Å². The van der Waals surface area contributed by atoms with Gasteiger partial charge >= 0.3 is 0 Å². The highest BCUT2D eigenvalue weighted by Crippen LogP contribution is 2.43. The summed E-state index contributed by atoms with van der Waals surface area (Å²) in [4.78, 5) is 2.94. The van der Waals surface area contributed by atoms with Gasteiger partial charge in [-0.25, -0.2) is 0 Å². The third-order valence-corrected chi connectivity index (χ3v) is 8.28. The summed E-state index contributed by atoms with van der Waals surface area (Å²) in [7, 11) is 3.24. The van der Waals surface area contributed by atoms with Crippen molar-refractivity contribution in [2.75, 3.05) is 33.0 Å². The van der Waals surface area contributed by atoms with Crippen LogP contribution < -0.4 is 9.47 Å². The Kier molecular flexibility index (Phi) is 12.3. The van der Waals surface area contributed by atoms with Crippen molar-refractivity contribution >= 4 is 73.9 Å². The molecule has 0 saturated carbocycles. The Balaban J connectivity index is 2.73. The number of methoxy groups -OCH3 is 2. The van der Waals surface area contributed by atoms with Crippen LogP contribution in [0.25, 0.3) is 15.4 Å². The standard InChI is InChI=1S/C28H32Cl2O2S3/c1-17(33-6)11-9-10-12-22(20-13-23(18(2)34-7)27(31-4)25(29)15-20)21-14-24(19(3)35-8)28(32-5)26(30)16-21/h12-16H,1-3,9-11H2,4-8H3. The fourth-order valence-corrected chi connectivity index (χ4v) is 5.28. The molecule has 2 aromatic rings. The first-order valence-corrected chi connectivity index (χ1v) is 15.3. The second-order valence-corrected chi connectivity index (χ2v) is 11.2. The predicted octanol–water partition coefficient (Wildman–Crippen LogP) is 10.2. The molecule has 0 fully saturated rings. The van der Waals surface area contributed by atoms with Crippen LogP contribution in [0, 0.1) is 0 Å². The molecule has 2 nitrogen and oxygen atoms in total. The Morgan fingerprint density at radius 2 is 1.26 bits per heavy atom. The topological polar surface area (TPSA) is 18.5 Å². The van der Waals surface area contributed by atoms with E-state index >= 15 is 0 Å². The van der Waals surface area contributed by atoms with Gasteiger partial charge in [-0.2, -0.15) is 0 Å². The van der Waals surface area contributed by atoms with Gasteiger partial charge in [0, 0.05) is 20.9 Å². The van der Waals surface area contributed by atoms with Gasteiger partial charge in [-0.3, -0.25) is 0 Å². The van der Waals surface area contributed by atoms with Gasteiger partial charge in [-0.1, -0.05) is 49.0 Å². The van der Waals surface area contributed by atoms with E-state index < -0.39 is 0 Å². The first-order valence-electron chi connectivity index (χ1n) is 10.9. The third kappa shape index (κ3) is 7.56. The van der Waals surface area contributed by atoms with Crippen molar-refractivity contribution in [1.29, 1.82) is 0 Å². The molecule has 0 heterocycles. The molecule has 0 bridgehead atoms. The molecular weight excluding hydrogens is 535 g/mol. The minimum absolute atomic E-state index is 0.533. The number of allylic oxidation sites excluding steroid dienone is 2. The molecule has 0 saturated heterocycles. The highest BCUT2D eigenvalue weighted by Gasteiger charge is 2.19. The van der Waals surface area contributed by atoms with E-state index in [1.165, 1.54) is 4.91 Å². The third-order valence-electron chi connectivity index (χ3n) is 5.51. The van der Waals surface area contributed by atoms with Crippen LogP contribution in [0.1, 0.15) is 41.5 Å². The fraction of sp³-hybridized carbons (Fsp3) is 0.286. The van der Waals surface area contributed by atoms with Crippen molar-refractivity contribution in [2.45, 2.75) is 19.3 Å². The van der Waals surface area contributed by atoms with Gasteiger partial charge in [0.25, 0.3) is 0 Å². The van der Waals surface area contributed by atoms with Crippen molar-refractivity contribution in [3.63, 3.8) is 0 Å². The molecule has 2 rings (SSSR count). The summed E-state index contributed by atoms with van der Waals surface area (Å²) in [5.41, 5.74) is 4.70. The number of benzene rings is 2. The van der Waals surface area contributed by atoms with Crippen molar-refractivity contribution in [1.82, 2.24) is 0 Å². The molecule has 2 aromatic carbocycles. The molecule has 0 atom stereocenters. The zero-order chi connectivity index (χ0) is 26.1. The van der Waals surface area contributed by atoms with Crippen LogP contribution in [0.4, 0.5) is 0 Å². The molecule has 0 radical (unpaired) electrons. The smallest absolute Gasteiger partial charge is 0.145 e. The number of halogens is 2. The molecule has 0 N–H and O–H groups in total. The molecule has 0 unspecified atom stereocenters. The van der Waals surface area contributed by atoms with Crippen LogP contribution in [0.2, 0.25) is 10.0 Å². The van der Waals surface area contributed by atoms with Crippen molar-refractivity contribution in [3.05, 3.63) is 87.3 Å². The minimum Gasteiger partial charge on any atom is -0.495 e. The number of thioether (sulfide) groups is 3. The Morgan fingerprint density at radius 3 is 1.63 bits per heavy atom. The van der Waals surface area contributed by atoms with Crippen molar-refractivity contribution in [3.8, 4) is 11.5 Å². The molecule has 0 aliphatic heterocycles. The van der Waals surface area contributed by atoms with Crippen LogP contribution in [-0.2, 0) is 0 Å². The van der Waals surface area contributed by atoms with Crippen LogP contribution >= 0.6 is 58.5 Å². The second-order valence-electron chi connectivity index (χ2n) is 7.59. The van der Waals surface area contributed by atoms with E-state index in [0.29, 0.717) is 21.5 Å². The molecule has 7 heteroatoms. The molecule has 0 amide bonds. The summed E-state index contributed by atoms with van der Waals surface area (Å²) in [6.07, 6.45) is 11.1. The normalized spacial score (nSPS) is 10.6. The molecule has 35 heavy (non-hydrogen) atoms. The average Bonchev–Trinajstić information content (AvgIpc) is 2.86. The molecule has 0 aromatic heterocycles. The van der Waals surface area contributed by atoms with Crippen molar-refractivity contribution in [2.24, 2.45) is 0 Å². The summed E-state index contributed by atoms with van der Waals surface area (Å²) < 4.78 is 11.2. The summed E-state index contributed by atoms with van der Waals surface area (Å²) in [5.74, 6) is 1.24. The predicted molar refractivity (Wildman–Crippen MR) is 165 cm³/mol. The summed E-state index contributed by atoms with van der Waals surface area (Å²) >= 11 is 18.2. The Labute approximate surface area is 233 Å². The van der Waals surface area contributed by atoms with Gasteiger partial charge in [0.1, 0.15) is 11.5 Å². The molecule has 188 valence electrons. The van der Waals surface area contributed by atoms with Crippen LogP contribution in [0.5, 0.6) is 11.5 Å². The van der Waals surface area contributed by atoms with Crippen LogP contribution in [0.3, 0.4) is 0 Å². The highest BCUT2D eigenvalue weighted by atomic mass is 35.5. The van der Waals surface area contributed by atoms with Crippen LogP contribution in [-0.4, -0.2) is 33.0 Å². The number of unbranched alkanes of at least 4 members (excludes halogenated alkanes) is 1. The lowest BCUT2D eigenvalue weighted by Crippen LogP contribution is -1.98. The average molecular weight is 568 g/mol. The Bertz CT molecular complexity index is 1060. The molecule has 0 spiro atoms. The molecule has 0 aliphatic carbocycles. The van der Waals surface area contributed by atoms with E-state index in [2.05, 4.69) is 44.2 Å². The van der Waals surface area contributed by atoms with E-state index in [0.717, 1.165) is 56.9 Å². The maximum atomic E-state index is 6.69. The SMILES string of the molecule is C=C(CCCC=C(c1cc(Cl)c(OC)c(C(=C)SC)c1)c1cc(Cl)c(OC)c(C(=C)SC)c1)SC. The second kappa shape index (κ2) is 14.4. The largest absolute Gasteiger partial charge is 0.495 e. The van der Waals surface area contributed by atoms with Gasteiger partial charge in [0.05, 0.1) is 24.3 Å². The van der Waals surface area contributed by atoms with Gasteiger partial charge in [0.15, 0.2) is 0 Å². The first-order chi connectivity index (χ1) is 16.7. The quantitative estimate of drug-likeness (QED) is 0.224. The van der Waals surface area contributed by atoms with E-state index in [4.69, 9.17) is 32.7 Å². The number of hydrogen-bond acceptors (Lipinski definition) is 5. The monoisotopic (exact) mass is 566 g/mol. The van der Waals surface area contributed by atoms with E-state index in [9.17, 15) is 0 Å². The Hall–Kier alpha value is -1.37. The first kappa shape index (κ1) is 29.9. The van der Waals surface area contributed by atoms with Gasteiger partial charge in [-0.05, 0) is 83.9 Å². The summed E-state index contributed by atoms with van der Waals surface area (Å²) in [6, 6.07) is 8.03. The van der Waals surface area contributed by atoms with Crippen LogP contribution in [0.15, 0.2) is 55.0 Å². The van der Waals surface area contributed by atoms with Crippen molar-refractivity contribution < 1.29 is 9.47 Å². The maximum absolute atomic E-state index is 6.69. The minimum atomic E-state index is 0.533. The lowest BCUT2D eigenvalue weighted by Gasteiger charge is -2.18. The number of ether oxygens (including phenoxy) is 2. The molecule has 0 aliphatic rings. The highest BCUT2D eigenvalue weighted by molar-refractivity contribution is 8.07. The summed E-state index contributed by atoms with van der Waals surface area (Å²) in [5, 5.41) is 1.07. The van der Waals surface area contributed by atoms with E-state index in [1.807, 2.05) is 24.6 Å². The fourth-order valence-electron chi connectivity index (χ4n) is 3.60. The zero-order valence-electron chi connectivity index (χ0n) is 20.9. The Morgan fingerprint density at radius 1 is 0.800 bits per heavy atom. The van der Waals surface area contributed by atoms with E-state index in [1.54, 1.807) is 49.5 Å². The number of hydrogen-bond donors (Lipinski definition) is 0. The summed E-state index contributed by atoms with van der Waals surface area (Å²) in [6.45, 7) is 12.5. The lowest BCUT2D eigenvalue weighted by atomic mass is 9.93. The molecular formula is C28H32Cl2O2S3. The maximum Gasteiger partial charge on any atom is 0.145 e.